The van der Waals surface area contributed by atoms with Gasteiger partial charge in [0.25, 0.3) is 0 Å². The number of aliphatic hydroxyl groups excluding tert-OH is 1. The van der Waals surface area contributed by atoms with Gasteiger partial charge in [-0.05, 0) is 68.2 Å². The van der Waals surface area contributed by atoms with Crippen molar-refractivity contribution in [3.63, 3.8) is 0 Å². The van der Waals surface area contributed by atoms with Crippen molar-refractivity contribution in [1.82, 2.24) is 9.80 Å². The summed E-state index contributed by atoms with van der Waals surface area (Å²) in [7, 11) is 0. The van der Waals surface area contributed by atoms with Gasteiger partial charge in [-0.1, -0.05) is 72.0 Å². The van der Waals surface area contributed by atoms with Gasteiger partial charge in [-0.2, -0.15) is 0 Å². The van der Waals surface area contributed by atoms with Gasteiger partial charge in [-0.3, -0.25) is 9.80 Å². The van der Waals surface area contributed by atoms with Gasteiger partial charge in [0, 0.05) is 42.2 Å². The third-order valence-corrected chi connectivity index (χ3v) is 7.40. The van der Waals surface area contributed by atoms with Crippen molar-refractivity contribution in [2.75, 3.05) is 26.2 Å². The number of nitrogens with zero attached hydrogens (tertiary/aromatic N) is 2. The minimum absolute atomic E-state index is 0.213. The summed E-state index contributed by atoms with van der Waals surface area (Å²) in [5.74, 6) is 6.89. The predicted octanol–water partition coefficient (Wildman–Crippen LogP) is 4.82. The van der Waals surface area contributed by atoms with Crippen LogP contribution in [0.1, 0.15) is 46.6 Å². The van der Waals surface area contributed by atoms with E-state index in [9.17, 15) is 5.11 Å². The molecule has 0 aromatic heterocycles. The second-order valence-electron chi connectivity index (χ2n) is 9.75. The van der Waals surface area contributed by atoms with Crippen molar-refractivity contribution in [2.24, 2.45) is 0 Å². The third-order valence-electron chi connectivity index (χ3n) is 7.40. The molecule has 0 saturated carbocycles. The Morgan fingerprint density at radius 3 is 2.21 bits per heavy atom. The van der Waals surface area contributed by atoms with E-state index < -0.39 is 0 Å². The van der Waals surface area contributed by atoms with E-state index in [1.165, 1.54) is 29.5 Å². The van der Waals surface area contributed by atoms with E-state index >= 15 is 0 Å². The van der Waals surface area contributed by atoms with E-state index in [2.05, 4.69) is 77.1 Å². The minimum Gasteiger partial charge on any atom is -0.395 e. The fraction of sp³-hybridized carbons (Fsp3) is 0.355. The summed E-state index contributed by atoms with van der Waals surface area (Å²) in [5.41, 5.74) is 6.08. The molecule has 1 N–H and O–H groups in total. The summed E-state index contributed by atoms with van der Waals surface area (Å²) < 4.78 is 0. The molecule has 2 aliphatic heterocycles. The zero-order valence-corrected chi connectivity index (χ0v) is 20.0. The van der Waals surface area contributed by atoms with Crippen LogP contribution in [0.5, 0.6) is 0 Å². The first-order chi connectivity index (χ1) is 16.7. The second kappa shape index (κ2) is 10.6. The van der Waals surface area contributed by atoms with E-state index in [1.807, 2.05) is 30.3 Å². The Balaban J connectivity index is 1.32. The molecule has 0 spiro atoms. The molecule has 174 valence electrons. The molecular weight excluding hydrogens is 416 g/mol. The fourth-order valence-corrected chi connectivity index (χ4v) is 5.56. The summed E-state index contributed by atoms with van der Waals surface area (Å²) >= 11 is 0. The topological polar surface area (TPSA) is 26.7 Å². The van der Waals surface area contributed by atoms with E-state index in [0.29, 0.717) is 12.0 Å². The number of hydrogen-bond donors (Lipinski definition) is 1. The number of aryl methyl sites for hydroxylation is 1. The smallest absolute Gasteiger partial charge is 0.0593 e. The lowest BCUT2D eigenvalue weighted by Gasteiger charge is -2.57. The van der Waals surface area contributed by atoms with Gasteiger partial charge in [0.05, 0.1) is 6.61 Å². The lowest BCUT2D eigenvalue weighted by molar-refractivity contribution is -0.0655. The quantitative estimate of drug-likeness (QED) is 0.578. The van der Waals surface area contributed by atoms with Crippen molar-refractivity contribution < 1.29 is 5.11 Å². The van der Waals surface area contributed by atoms with Crippen LogP contribution in [0.25, 0.3) is 0 Å². The molecule has 0 aliphatic carbocycles. The maximum atomic E-state index is 10.2. The first-order valence-electron chi connectivity index (χ1n) is 12.5. The standard InChI is InChI=1S/C31H34N2O/c1-24-9-11-27(12-10-24)21-32-19-5-6-20-33-29(22-32)31(30(33)23-34)28-17-15-26(16-18-28)14-13-25-7-3-2-4-8-25/h2-4,7-12,15-18,29-31,34H,5-6,19-23H2,1H3/t29-,30+,31+/m0/s1. The monoisotopic (exact) mass is 450 g/mol. The molecule has 2 aliphatic rings. The SMILES string of the molecule is Cc1ccc(CN2CCCCN3[C@H](CO)[C@H](c4ccc(C#Cc5ccccc5)cc4)[C@@H]3C2)cc1. The lowest BCUT2D eigenvalue weighted by Crippen LogP contribution is -2.67. The minimum atomic E-state index is 0.213. The molecule has 3 aromatic rings. The van der Waals surface area contributed by atoms with Gasteiger partial charge in [-0.15, -0.1) is 0 Å². The zero-order chi connectivity index (χ0) is 23.3. The van der Waals surface area contributed by atoms with E-state index in [1.54, 1.807) is 0 Å². The van der Waals surface area contributed by atoms with Crippen LogP contribution in [0.3, 0.4) is 0 Å². The van der Waals surface area contributed by atoms with Gasteiger partial charge >= 0.3 is 0 Å². The molecular formula is C31H34N2O. The highest BCUT2D eigenvalue weighted by Gasteiger charge is 2.48. The second-order valence-corrected chi connectivity index (χ2v) is 9.75. The van der Waals surface area contributed by atoms with Crippen LogP contribution < -0.4 is 0 Å². The van der Waals surface area contributed by atoms with Crippen LogP contribution in [0.15, 0.2) is 78.9 Å². The lowest BCUT2D eigenvalue weighted by atomic mass is 9.74. The van der Waals surface area contributed by atoms with Gasteiger partial charge in [0.2, 0.25) is 0 Å². The summed E-state index contributed by atoms with van der Waals surface area (Å²) in [4.78, 5) is 5.16. The molecule has 0 bridgehead atoms. The van der Waals surface area contributed by atoms with Crippen molar-refractivity contribution in [2.45, 2.75) is 44.3 Å². The van der Waals surface area contributed by atoms with Crippen LogP contribution in [0.4, 0.5) is 0 Å². The highest BCUT2D eigenvalue weighted by Crippen LogP contribution is 2.42. The number of benzene rings is 3. The Bertz CT molecular complexity index is 1130. The van der Waals surface area contributed by atoms with Gasteiger partial charge in [-0.25, -0.2) is 0 Å². The summed E-state index contributed by atoms with van der Waals surface area (Å²) in [6, 6.07) is 28.4. The number of rotatable bonds is 4. The summed E-state index contributed by atoms with van der Waals surface area (Å²) in [5, 5.41) is 10.2. The van der Waals surface area contributed by atoms with Crippen LogP contribution in [0.2, 0.25) is 0 Å². The van der Waals surface area contributed by atoms with Crippen LogP contribution in [0, 0.1) is 18.8 Å². The molecule has 2 fully saturated rings. The predicted molar refractivity (Wildman–Crippen MR) is 139 cm³/mol. The molecule has 3 heteroatoms. The Kier molecular flexibility index (Phi) is 7.11. The third kappa shape index (κ3) is 5.10. The van der Waals surface area contributed by atoms with Gasteiger partial charge in [0.15, 0.2) is 0 Å². The molecule has 2 heterocycles. The fourth-order valence-electron chi connectivity index (χ4n) is 5.56. The Morgan fingerprint density at radius 1 is 0.824 bits per heavy atom. The van der Waals surface area contributed by atoms with E-state index in [-0.39, 0.29) is 12.6 Å². The van der Waals surface area contributed by atoms with Gasteiger partial charge < -0.3 is 5.11 Å². The molecule has 0 radical (unpaired) electrons. The van der Waals surface area contributed by atoms with Crippen LogP contribution in [-0.4, -0.2) is 53.2 Å². The summed E-state index contributed by atoms with van der Waals surface area (Å²) in [6.45, 7) is 6.63. The first-order valence-corrected chi connectivity index (χ1v) is 12.5. The van der Waals surface area contributed by atoms with E-state index in [0.717, 1.165) is 37.3 Å². The molecule has 3 aromatic carbocycles. The summed E-state index contributed by atoms with van der Waals surface area (Å²) in [6.07, 6.45) is 2.41. The molecule has 5 rings (SSSR count). The van der Waals surface area contributed by atoms with Crippen molar-refractivity contribution in [3.8, 4) is 11.8 Å². The zero-order valence-electron chi connectivity index (χ0n) is 20.0. The average Bonchev–Trinajstić information content (AvgIpc) is 2.86. The number of aliphatic hydroxyl groups is 1. The largest absolute Gasteiger partial charge is 0.395 e. The molecule has 0 amide bonds. The van der Waals surface area contributed by atoms with E-state index in [4.69, 9.17) is 0 Å². The maximum absolute atomic E-state index is 10.2. The van der Waals surface area contributed by atoms with Crippen LogP contribution in [-0.2, 0) is 6.54 Å². The molecule has 2 saturated heterocycles. The number of fused-ring (bicyclic) bond motifs is 1. The Morgan fingerprint density at radius 2 is 1.50 bits per heavy atom. The van der Waals surface area contributed by atoms with Crippen molar-refractivity contribution in [1.29, 1.82) is 0 Å². The molecule has 3 nitrogen and oxygen atoms in total. The highest BCUT2D eigenvalue weighted by atomic mass is 16.3. The van der Waals surface area contributed by atoms with Gasteiger partial charge in [0.1, 0.15) is 0 Å². The molecule has 34 heavy (non-hydrogen) atoms. The van der Waals surface area contributed by atoms with Crippen molar-refractivity contribution >= 4 is 0 Å². The average molecular weight is 451 g/mol. The molecule has 0 unspecified atom stereocenters. The highest BCUT2D eigenvalue weighted by molar-refractivity contribution is 5.44. The Hall–Kier alpha value is -2.90. The Labute approximate surface area is 204 Å². The normalized spacial score (nSPS) is 23.1. The number of hydrogen-bond acceptors (Lipinski definition) is 3. The van der Waals surface area contributed by atoms with Crippen LogP contribution >= 0.6 is 0 Å². The maximum Gasteiger partial charge on any atom is 0.0593 e. The first kappa shape index (κ1) is 22.9. The molecule has 3 atom stereocenters. The van der Waals surface area contributed by atoms with Crippen molar-refractivity contribution in [3.05, 3.63) is 107 Å².